The summed E-state index contributed by atoms with van der Waals surface area (Å²) in [5.41, 5.74) is 21.0. The van der Waals surface area contributed by atoms with Gasteiger partial charge in [-0.25, -0.2) is 4.98 Å². The van der Waals surface area contributed by atoms with E-state index in [-0.39, 0.29) is 0 Å². The lowest BCUT2D eigenvalue weighted by Crippen LogP contribution is -2.18. The Labute approximate surface area is 442 Å². The summed E-state index contributed by atoms with van der Waals surface area (Å²) in [5.74, 6) is 0.867. The van der Waals surface area contributed by atoms with Crippen LogP contribution in [0.3, 0.4) is 0 Å². The quantitative estimate of drug-likeness (QED) is 0.152. The fourth-order valence-corrected chi connectivity index (χ4v) is 11.4. The van der Waals surface area contributed by atoms with Gasteiger partial charge in [0.1, 0.15) is 5.82 Å². The van der Waals surface area contributed by atoms with E-state index < -0.39 is 0 Å². The average Bonchev–Trinajstić information content (AvgIpc) is 4.15. The highest BCUT2D eigenvalue weighted by Gasteiger charge is 2.22. The molecule has 0 saturated heterocycles. The van der Waals surface area contributed by atoms with Gasteiger partial charge in [-0.2, -0.15) is 0 Å². The van der Waals surface area contributed by atoms with Gasteiger partial charge in [0.15, 0.2) is 0 Å². The minimum atomic E-state index is 0.660. The number of hydrogen-bond donors (Lipinski definition) is 0. The van der Waals surface area contributed by atoms with Crippen molar-refractivity contribution in [2.45, 2.75) is 0 Å². The Morgan fingerprint density at radius 3 is 1.55 bits per heavy atom. The van der Waals surface area contributed by atoms with Gasteiger partial charge in [0, 0.05) is 56.3 Å². The number of aromatic nitrogens is 3. The van der Waals surface area contributed by atoms with Crippen LogP contribution < -0.4 is 4.90 Å². The summed E-state index contributed by atoms with van der Waals surface area (Å²) < 4.78 is 4.73. The molecule has 4 nitrogen and oxygen atoms in total. The van der Waals surface area contributed by atoms with Gasteiger partial charge in [0.25, 0.3) is 0 Å². The van der Waals surface area contributed by atoms with Crippen LogP contribution in [0, 0.1) is 0 Å². The molecule has 0 atom stereocenters. The number of nitrogens with zero attached hydrogens (tertiary/aromatic N) is 4. The largest absolute Gasteiger partial charge is 0.337 e. The van der Waals surface area contributed by atoms with E-state index in [1.54, 1.807) is 0 Å². The van der Waals surface area contributed by atoms with Gasteiger partial charge in [-0.15, -0.1) is 0 Å². The summed E-state index contributed by atoms with van der Waals surface area (Å²) >= 11 is 0. The van der Waals surface area contributed by atoms with E-state index in [4.69, 9.17) is 11.6 Å². The van der Waals surface area contributed by atoms with Crippen LogP contribution in [0.25, 0.3) is 111 Å². The molecule has 4 heteroatoms. The van der Waals surface area contributed by atoms with Gasteiger partial charge >= 0.3 is 0 Å². The molecule has 0 aliphatic carbocycles. The zero-order chi connectivity index (χ0) is 50.5. The standard InChI is InChI=1S/C72H50N4/c1-49-42-54(50-20-7-2-8-21-50)28-19-41-74(60-36-40-69-65(48-60)61-31-17-18-32-68(61)75(69)59-29-15-6-16-30-59)67-37-33-56(43-62(49)67)57-35-39-71-64(45-57)63-44-55(51-22-9-3-10-23-51)34-38-70(63)76(71)72-47-58(52-24-11-4-12-25-52)46-66(73-72)53-26-13-5-14-27-53/h2-40,42-48H,1,41H2/b28-19-,54-42+. The average molecular weight is 971 g/mol. The predicted molar refractivity (Wildman–Crippen MR) is 321 cm³/mol. The van der Waals surface area contributed by atoms with E-state index in [9.17, 15) is 0 Å². The molecule has 0 radical (unpaired) electrons. The Kier molecular flexibility index (Phi) is 11.0. The van der Waals surface area contributed by atoms with Gasteiger partial charge < -0.3 is 9.47 Å². The first-order chi connectivity index (χ1) is 37.6. The molecule has 3 aromatic heterocycles. The number of hydrogen-bond acceptors (Lipinski definition) is 2. The van der Waals surface area contributed by atoms with E-state index in [1.165, 1.54) is 32.9 Å². The first-order valence-electron chi connectivity index (χ1n) is 26.0. The summed E-state index contributed by atoms with van der Waals surface area (Å²) in [6, 6.07) is 94.0. The molecule has 1 aliphatic rings. The number of pyridine rings is 1. The fraction of sp³-hybridized carbons (Fsp3) is 0.0139. The third-order valence-electron chi connectivity index (χ3n) is 15.1. The van der Waals surface area contributed by atoms with Crippen molar-refractivity contribution in [1.82, 2.24) is 14.1 Å². The Morgan fingerprint density at radius 2 is 0.868 bits per heavy atom. The molecule has 1 aliphatic heterocycles. The lowest BCUT2D eigenvalue weighted by molar-refractivity contribution is 1.08. The summed E-state index contributed by atoms with van der Waals surface area (Å²) in [4.78, 5) is 7.90. The van der Waals surface area contributed by atoms with E-state index >= 15 is 0 Å². The number of allylic oxidation sites excluding steroid dienone is 4. The van der Waals surface area contributed by atoms with E-state index in [2.05, 4.69) is 293 Å². The minimum absolute atomic E-state index is 0.660. The number of benzene rings is 10. The molecule has 0 N–H and O–H groups in total. The van der Waals surface area contributed by atoms with Crippen LogP contribution in [-0.2, 0) is 0 Å². The summed E-state index contributed by atoms with van der Waals surface area (Å²) in [6.45, 7) is 5.50. The second-order valence-electron chi connectivity index (χ2n) is 19.6. The molecule has 0 bridgehead atoms. The molecule has 0 fully saturated rings. The van der Waals surface area contributed by atoms with Crippen molar-refractivity contribution in [3.8, 4) is 56.1 Å². The van der Waals surface area contributed by atoms with Crippen LogP contribution in [0.15, 0.2) is 286 Å². The Bertz CT molecular complexity index is 4360. The molecule has 76 heavy (non-hydrogen) atoms. The first-order valence-corrected chi connectivity index (χ1v) is 26.0. The van der Waals surface area contributed by atoms with Crippen molar-refractivity contribution in [3.05, 3.63) is 297 Å². The van der Waals surface area contributed by atoms with Crippen LogP contribution in [0.4, 0.5) is 11.4 Å². The van der Waals surface area contributed by atoms with Crippen LogP contribution in [-0.4, -0.2) is 20.7 Å². The topological polar surface area (TPSA) is 26.0 Å². The van der Waals surface area contributed by atoms with Crippen LogP contribution in [0.1, 0.15) is 11.1 Å². The molecule has 13 aromatic rings. The molecule has 0 unspecified atom stereocenters. The minimum Gasteiger partial charge on any atom is -0.337 e. The zero-order valence-corrected chi connectivity index (χ0v) is 41.8. The van der Waals surface area contributed by atoms with Gasteiger partial charge in [0.2, 0.25) is 0 Å². The van der Waals surface area contributed by atoms with Crippen molar-refractivity contribution in [2.75, 3.05) is 11.4 Å². The highest BCUT2D eigenvalue weighted by atomic mass is 15.1. The summed E-state index contributed by atoms with van der Waals surface area (Å²) in [5, 5.41) is 4.75. The molecule has 358 valence electrons. The zero-order valence-electron chi connectivity index (χ0n) is 41.8. The molecule has 4 heterocycles. The van der Waals surface area contributed by atoms with Gasteiger partial charge in [-0.3, -0.25) is 4.57 Å². The van der Waals surface area contributed by atoms with Crippen molar-refractivity contribution < 1.29 is 0 Å². The molecule has 0 spiro atoms. The molecule has 14 rings (SSSR count). The van der Waals surface area contributed by atoms with Gasteiger partial charge in [0.05, 0.1) is 27.8 Å². The lowest BCUT2D eigenvalue weighted by atomic mass is 9.94. The van der Waals surface area contributed by atoms with Gasteiger partial charge in [-0.1, -0.05) is 195 Å². The Hall–Kier alpha value is -10.0. The third-order valence-corrected chi connectivity index (χ3v) is 15.1. The monoisotopic (exact) mass is 970 g/mol. The Morgan fingerprint density at radius 1 is 0.355 bits per heavy atom. The van der Waals surface area contributed by atoms with Crippen LogP contribution in [0.2, 0.25) is 0 Å². The van der Waals surface area contributed by atoms with E-state index in [1.807, 2.05) is 0 Å². The van der Waals surface area contributed by atoms with E-state index in [0.717, 1.165) is 100 Å². The molecule has 10 aromatic carbocycles. The van der Waals surface area contributed by atoms with Crippen LogP contribution >= 0.6 is 0 Å². The molecular weight excluding hydrogens is 921 g/mol. The van der Waals surface area contributed by atoms with Crippen LogP contribution in [0.5, 0.6) is 0 Å². The summed E-state index contributed by atoms with van der Waals surface area (Å²) in [7, 11) is 0. The Balaban J connectivity index is 0.951. The number of rotatable bonds is 8. The maximum atomic E-state index is 5.46. The van der Waals surface area contributed by atoms with Crippen molar-refractivity contribution in [1.29, 1.82) is 0 Å². The smallest absolute Gasteiger partial charge is 0.138 e. The normalized spacial score (nSPS) is 13.8. The third kappa shape index (κ3) is 7.92. The maximum absolute atomic E-state index is 5.46. The molecular formula is C72H50N4. The highest BCUT2D eigenvalue weighted by molar-refractivity contribution is 6.13. The highest BCUT2D eigenvalue weighted by Crippen LogP contribution is 2.43. The second kappa shape index (κ2) is 18.8. The maximum Gasteiger partial charge on any atom is 0.138 e. The van der Waals surface area contributed by atoms with Crippen molar-refractivity contribution >= 4 is 66.1 Å². The van der Waals surface area contributed by atoms with Crippen molar-refractivity contribution in [3.63, 3.8) is 0 Å². The predicted octanol–water partition coefficient (Wildman–Crippen LogP) is 18.7. The first kappa shape index (κ1) is 44.7. The number of anilines is 2. The fourth-order valence-electron chi connectivity index (χ4n) is 11.4. The second-order valence-corrected chi connectivity index (χ2v) is 19.6. The number of fused-ring (bicyclic) bond motifs is 7. The van der Waals surface area contributed by atoms with Crippen molar-refractivity contribution in [2.24, 2.45) is 0 Å². The van der Waals surface area contributed by atoms with Gasteiger partial charge in [-0.05, 0) is 141 Å². The molecule has 0 amide bonds. The van der Waals surface area contributed by atoms with E-state index in [0.29, 0.717) is 6.54 Å². The lowest BCUT2D eigenvalue weighted by Gasteiger charge is -2.27. The number of para-hydroxylation sites is 2. The SMILES string of the molecule is C=C1/C=C(c2ccccc2)\C=C/CN(c2ccc3c(c2)c2ccccc2n3-c2ccccc2)c2ccc(-c3ccc4c(c3)c3cc(-c5ccccc5)ccc3n4-c3cc(-c4ccccc4)cc(-c4ccccc4)n3)cc21. The molecule has 0 saturated carbocycles. The summed E-state index contributed by atoms with van der Waals surface area (Å²) in [6.07, 6.45) is 6.78.